The zero-order valence-electron chi connectivity index (χ0n) is 15.3. The zero-order valence-corrected chi connectivity index (χ0v) is 15.3. The molecule has 142 valence electrons. The summed E-state index contributed by atoms with van der Waals surface area (Å²) in [7, 11) is 1.51. The van der Waals surface area contributed by atoms with Gasteiger partial charge in [0.15, 0.2) is 0 Å². The number of nitrogens with zero attached hydrogens (tertiary/aromatic N) is 1. The normalized spacial score (nSPS) is 10.2. The number of amides is 2. The second-order valence-corrected chi connectivity index (χ2v) is 6.03. The molecule has 3 rings (SSSR count). The van der Waals surface area contributed by atoms with E-state index in [2.05, 4.69) is 15.6 Å². The summed E-state index contributed by atoms with van der Waals surface area (Å²) < 4.78 is 18.2. The van der Waals surface area contributed by atoms with Crippen molar-refractivity contribution in [2.75, 3.05) is 17.7 Å². The van der Waals surface area contributed by atoms with E-state index >= 15 is 0 Å². The number of methoxy groups -OCH3 is 1. The van der Waals surface area contributed by atoms with E-state index < -0.39 is 17.6 Å². The molecule has 0 fully saturated rings. The fraction of sp³-hybridized carbons (Fsp3) is 0.0952. The van der Waals surface area contributed by atoms with E-state index in [0.29, 0.717) is 17.1 Å². The molecule has 1 heterocycles. The van der Waals surface area contributed by atoms with Crippen LogP contribution in [0.15, 0.2) is 60.7 Å². The Labute approximate surface area is 161 Å². The fourth-order valence-electron chi connectivity index (χ4n) is 2.52. The Hall–Kier alpha value is -3.74. The Kier molecular flexibility index (Phi) is 5.64. The number of aryl methyl sites for hydroxylation is 1. The van der Waals surface area contributed by atoms with Crippen molar-refractivity contribution in [3.8, 4) is 5.75 Å². The second kappa shape index (κ2) is 8.30. The van der Waals surface area contributed by atoms with Gasteiger partial charge in [-0.3, -0.25) is 9.59 Å². The predicted octanol–water partition coefficient (Wildman–Crippen LogP) is 4.04. The minimum absolute atomic E-state index is 0.0631. The number of carbonyl (C=O) groups is 2. The van der Waals surface area contributed by atoms with E-state index in [0.717, 1.165) is 5.56 Å². The lowest BCUT2D eigenvalue weighted by Crippen LogP contribution is -2.18. The molecule has 0 unspecified atom stereocenters. The lowest BCUT2D eigenvalue weighted by molar-refractivity contribution is 0.101. The monoisotopic (exact) mass is 379 g/mol. The molecule has 0 aliphatic rings. The Bertz CT molecular complexity index is 1020. The number of anilines is 2. The van der Waals surface area contributed by atoms with E-state index in [1.54, 1.807) is 18.2 Å². The number of aromatic nitrogens is 1. The quantitative estimate of drug-likeness (QED) is 0.701. The van der Waals surface area contributed by atoms with Crippen molar-refractivity contribution in [3.05, 3.63) is 83.4 Å². The minimum Gasteiger partial charge on any atom is -0.495 e. The molecule has 0 aliphatic heterocycles. The number of halogens is 1. The number of ether oxygens (including phenoxy) is 1. The van der Waals surface area contributed by atoms with Crippen LogP contribution in [0, 0.1) is 12.7 Å². The van der Waals surface area contributed by atoms with Crippen LogP contribution in [0.4, 0.5) is 15.8 Å². The summed E-state index contributed by atoms with van der Waals surface area (Å²) in [5, 5.41) is 5.35. The fourth-order valence-corrected chi connectivity index (χ4v) is 2.52. The topological polar surface area (TPSA) is 80.3 Å². The van der Waals surface area contributed by atoms with Gasteiger partial charge in [0.25, 0.3) is 11.8 Å². The molecule has 0 spiro atoms. The molecule has 3 aromatic rings. The smallest absolute Gasteiger partial charge is 0.274 e. The van der Waals surface area contributed by atoms with Gasteiger partial charge in [0, 0.05) is 5.69 Å². The molecule has 28 heavy (non-hydrogen) atoms. The largest absolute Gasteiger partial charge is 0.495 e. The zero-order chi connectivity index (χ0) is 20.1. The van der Waals surface area contributed by atoms with Crippen LogP contribution < -0.4 is 15.4 Å². The summed E-state index contributed by atoms with van der Waals surface area (Å²) in [4.78, 5) is 29.0. The van der Waals surface area contributed by atoms with Gasteiger partial charge in [0.2, 0.25) is 0 Å². The van der Waals surface area contributed by atoms with Gasteiger partial charge >= 0.3 is 0 Å². The van der Waals surface area contributed by atoms with E-state index in [1.165, 1.54) is 43.5 Å². The Balaban J connectivity index is 1.77. The first-order chi connectivity index (χ1) is 13.5. The minimum atomic E-state index is -0.505. The molecule has 2 N–H and O–H groups in total. The summed E-state index contributed by atoms with van der Waals surface area (Å²) in [5.74, 6) is -0.861. The molecular formula is C21H18FN3O3. The van der Waals surface area contributed by atoms with Crippen LogP contribution in [0.5, 0.6) is 5.75 Å². The molecule has 6 nitrogen and oxygen atoms in total. The first kappa shape index (κ1) is 19.0. The van der Waals surface area contributed by atoms with Gasteiger partial charge in [0.05, 0.1) is 12.8 Å². The van der Waals surface area contributed by atoms with Crippen LogP contribution in [0.2, 0.25) is 0 Å². The maximum absolute atomic E-state index is 13.0. The summed E-state index contributed by atoms with van der Waals surface area (Å²) >= 11 is 0. The number of hydrogen-bond donors (Lipinski definition) is 2. The number of hydrogen-bond acceptors (Lipinski definition) is 4. The van der Waals surface area contributed by atoms with E-state index in [4.69, 9.17) is 4.74 Å². The van der Waals surface area contributed by atoms with Crippen molar-refractivity contribution in [1.82, 2.24) is 4.98 Å². The molecule has 0 saturated heterocycles. The van der Waals surface area contributed by atoms with Crippen LogP contribution in [-0.2, 0) is 0 Å². The summed E-state index contributed by atoms with van der Waals surface area (Å²) in [5.41, 5.74) is 2.03. The average molecular weight is 379 g/mol. The molecule has 0 radical (unpaired) electrons. The average Bonchev–Trinajstić information content (AvgIpc) is 2.70. The van der Waals surface area contributed by atoms with Crippen LogP contribution >= 0.6 is 0 Å². The van der Waals surface area contributed by atoms with Crippen molar-refractivity contribution in [3.63, 3.8) is 0 Å². The van der Waals surface area contributed by atoms with Gasteiger partial charge in [-0.2, -0.15) is 0 Å². The molecule has 0 saturated carbocycles. The Morgan fingerprint density at radius 2 is 1.57 bits per heavy atom. The van der Waals surface area contributed by atoms with Gasteiger partial charge in [-0.25, -0.2) is 9.37 Å². The number of rotatable bonds is 5. The molecule has 2 aromatic carbocycles. The van der Waals surface area contributed by atoms with Crippen molar-refractivity contribution in [2.24, 2.45) is 0 Å². The van der Waals surface area contributed by atoms with Crippen LogP contribution in [0.25, 0.3) is 0 Å². The molecule has 7 heteroatoms. The van der Waals surface area contributed by atoms with Gasteiger partial charge in [-0.1, -0.05) is 12.1 Å². The van der Waals surface area contributed by atoms with Gasteiger partial charge in [0.1, 0.15) is 23.0 Å². The molecule has 0 atom stereocenters. The van der Waals surface area contributed by atoms with Crippen LogP contribution in [0.1, 0.15) is 26.5 Å². The first-order valence-corrected chi connectivity index (χ1v) is 8.46. The highest BCUT2D eigenvalue weighted by Gasteiger charge is 2.14. The van der Waals surface area contributed by atoms with E-state index in [1.807, 2.05) is 13.0 Å². The van der Waals surface area contributed by atoms with Crippen molar-refractivity contribution in [2.45, 2.75) is 6.92 Å². The Morgan fingerprint density at radius 1 is 0.929 bits per heavy atom. The number of carbonyl (C=O) groups excluding carboxylic acids is 2. The number of benzene rings is 2. The number of pyridine rings is 1. The maximum Gasteiger partial charge on any atom is 0.274 e. The van der Waals surface area contributed by atoms with Gasteiger partial charge in [-0.15, -0.1) is 0 Å². The molecule has 0 aliphatic carbocycles. The molecular weight excluding hydrogens is 361 g/mol. The SMILES string of the molecule is COc1ccc(C)cc1NC(=O)c1cccc(C(=O)Nc2ccc(F)cc2)n1. The third-order valence-corrected chi connectivity index (χ3v) is 3.92. The maximum atomic E-state index is 13.0. The highest BCUT2D eigenvalue weighted by molar-refractivity contribution is 6.06. The highest BCUT2D eigenvalue weighted by Crippen LogP contribution is 2.25. The highest BCUT2D eigenvalue weighted by atomic mass is 19.1. The standard InChI is InChI=1S/C21H18FN3O3/c1-13-6-11-19(28-2)18(12-13)25-21(27)17-5-3-4-16(24-17)20(26)23-15-9-7-14(22)8-10-15/h3-12H,1-2H3,(H,23,26)(H,25,27). The van der Waals surface area contributed by atoms with E-state index in [9.17, 15) is 14.0 Å². The summed E-state index contributed by atoms with van der Waals surface area (Å²) in [6.07, 6.45) is 0. The molecule has 0 bridgehead atoms. The van der Waals surface area contributed by atoms with Gasteiger partial charge in [-0.05, 0) is 61.0 Å². The lowest BCUT2D eigenvalue weighted by atomic mass is 10.2. The van der Waals surface area contributed by atoms with Crippen molar-refractivity contribution >= 4 is 23.2 Å². The van der Waals surface area contributed by atoms with Crippen molar-refractivity contribution < 1.29 is 18.7 Å². The molecule has 2 amide bonds. The third-order valence-electron chi connectivity index (χ3n) is 3.92. The van der Waals surface area contributed by atoms with Crippen LogP contribution in [0.3, 0.4) is 0 Å². The van der Waals surface area contributed by atoms with Crippen molar-refractivity contribution in [1.29, 1.82) is 0 Å². The van der Waals surface area contributed by atoms with E-state index in [-0.39, 0.29) is 11.4 Å². The second-order valence-electron chi connectivity index (χ2n) is 6.03. The Morgan fingerprint density at radius 3 is 2.21 bits per heavy atom. The first-order valence-electron chi connectivity index (χ1n) is 8.46. The predicted molar refractivity (Wildman–Crippen MR) is 104 cm³/mol. The lowest BCUT2D eigenvalue weighted by Gasteiger charge is -2.11. The number of nitrogens with one attached hydrogen (secondary N) is 2. The third kappa shape index (κ3) is 4.50. The molecule has 1 aromatic heterocycles. The summed E-state index contributed by atoms with van der Waals surface area (Å²) in [6, 6.07) is 15.3. The van der Waals surface area contributed by atoms with Gasteiger partial charge < -0.3 is 15.4 Å². The van der Waals surface area contributed by atoms with Crippen LogP contribution in [-0.4, -0.2) is 23.9 Å². The summed E-state index contributed by atoms with van der Waals surface area (Å²) in [6.45, 7) is 1.90.